The number of amides is 1. The summed E-state index contributed by atoms with van der Waals surface area (Å²) in [5.41, 5.74) is 2.86. The predicted octanol–water partition coefficient (Wildman–Crippen LogP) is 5.72. The van der Waals surface area contributed by atoms with Crippen molar-refractivity contribution in [2.24, 2.45) is 0 Å². The van der Waals surface area contributed by atoms with Gasteiger partial charge in [0.2, 0.25) is 5.91 Å². The van der Waals surface area contributed by atoms with Gasteiger partial charge >= 0.3 is 6.09 Å². The van der Waals surface area contributed by atoms with Crippen molar-refractivity contribution in [3.63, 3.8) is 0 Å². The Balaban J connectivity index is 1.62. The second-order valence-electron chi connectivity index (χ2n) is 7.98. The molecule has 0 bridgehead atoms. The molecule has 170 valence electrons. The number of hydrogen-bond acceptors (Lipinski definition) is 4. The zero-order chi connectivity index (χ0) is 23.9. The molecule has 0 radical (unpaired) electrons. The first-order valence-electron chi connectivity index (χ1n) is 11.1. The van der Waals surface area contributed by atoms with Gasteiger partial charge in [0.05, 0.1) is 17.2 Å². The monoisotopic (exact) mass is 452 g/mol. The van der Waals surface area contributed by atoms with Gasteiger partial charge in [-0.2, -0.15) is 5.26 Å². The summed E-state index contributed by atoms with van der Waals surface area (Å²) in [6, 6.07) is 17.7. The zero-order valence-electron chi connectivity index (χ0n) is 18.6. The Morgan fingerprint density at radius 3 is 2.74 bits per heavy atom. The van der Waals surface area contributed by atoms with Crippen LogP contribution in [0.2, 0.25) is 0 Å². The Morgan fingerprint density at radius 1 is 1.06 bits per heavy atom. The van der Waals surface area contributed by atoms with E-state index in [9.17, 15) is 14.9 Å². The quantitative estimate of drug-likeness (QED) is 0.262. The molecule has 0 spiro atoms. The van der Waals surface area contributed by atoms with Crippen LogP contribution < -0.4 is 5.32 Å². The maximum Gasteiger partial charge on any atom is 0.404 e. The summed E-state index contributed by atoms with van der Waals surface area (Å²) in [6.45, 7) is 0.376. The van der Waals surface area contributed by atoms with Gasteiger partial charge in [0.25, 0.3) is 0 Å². The molecular formula is C27H24N4O3. The maximum atomic E-state index is 13.0. The summed E-state index contributed by atoms with van der Waals surface area (Å²) < 4.78 is 1.62. The normalized spacial score (nSPS) is 11.4. The first kappa shape index (κ1) is 22.7. The Bertz CT molecular complexity index is 1420. The standard InChI is InChI=1S/C27H24N4O3/c28-16-21(15-19-7-6-8-20-17-29-14-12-22(19)20)24-18-31(25-10-4-3-9-23(24)25)26(32)11-2-1-5-13-30-27(33)34/h3-4,6-10,12,14-15,17-18,30H,1-2,5,11,13H2,(H,33,34)/b21-15+. The fraction of sp³-hybridized carbons (Fsp3) is 0.185. The number of nitriles is 1. The number of aromatic nitrogens is 2. The Kier molecular flexibility index (Phi) is 6.99. The molecular weight excluding hydrogens is 428 g/mol. The number of nitrogens with zero attached hydrogens (tertiary/aromatic N) is 3. The van der Waals surface area contributed by atoms with E-state index < -0.39 is 6.09 Å². The highest BCUT2D eigenvalue weighted by Crippen LogP contribution is 2.30. The minimum absolute atomic E-state index is 0.0535. The summed E-state index contributed by atoms with van der Waals surface area (Å²) in [6.07, 6.45) is 8.52. The summed E-state index contributed by atoms with van der Waals surface area (Å²) in [4.78, 5) is 27.7. The first-order chi connectivity index (χ1) is 16.6. The van der Waals surface area contributed by atoms with Crippen molar-refractivity contribution in [2.45, 2.75) is 25.7 Å². The molecule has 0 aliphatic carbocycles. The number of carbonyl (C=O) groups is 2. The van der Waals surface area contributed by atoms with E-state index >= 15 is 0 Å². The number of rotatable bonds is 8. The first-order valence-corrected chi connectivity index (χ1v) is 11.1. The molecule has 0 saturated heterocycles. The van der Waals surface area contributed by atoms with Gasteiger partial charge in [0.1, 0.15) is 0 Å². The lowest BCUT2D eigenvalue weighted by atomic mass is 10.00. The number of allylic oxidation sites excluding steroid dienone is 1. The second kappa shape index (κ2) is 10.5. The molecule has 2 aromatic heterocycles. The second-order valence-corrected chi connectivity index (χ2v) is 7.98. The van der Waals surface area contributed by atoms with E-state index in [4.69, 9.17) is 5.11 Å². The van der Waals surface area contributed by atoms with Crippen LogP contribution in [0.4, 0.5) is 4.79 Å². The molecule has 0 aliphatic heterocycles. The molecule has 2 aromatic carbocycles. The molecule has 0 unspecified atom stereocenters. The number of hydrogen-bond donors (Lipinski definition) is 2. The van der Waals surface area contributed by atoms with Crippen molar-refractivity contribution in [1.82, 2.24) is 14.9 Å². The third kappa shape index (κ3) is 4.97. The SMILES string of the molecule is N#C/C(=C\c1cccc2cnccc12)c1cn(C(=O)CCCCCNC(=O)O)c2ccccc12. The highest BCUT2D eigenvalue weighted by molar-refractivity contribution is 6.06. The molecule has 0 fully saturated rings. The molecule has 2 heterocycles. The predicted molar refractivity (Wildman–Crippen MR) is 132 cm³/mol. The molecule has 7 heteroatoms. The van der Waals surface area contributed by atoms with Crippen LogP contribution in [-0.2, 0) is 0 Å². The number of nitrogens with one attached hydrogen (secondary N) is 1. The van der Waals surface area contributed by atoms with E-state index in [1.165, 1.54) is 0 Å². The highest BCUT2D eigenvalue weighted by Gasteiger charge is 2.16. The van der Waals surface area contributed by atoms with Gasteiger partial charge in [-0.25, -0.2) is 4.79 Å². The number of para-hydroxylation sites is 1. The van der Waals surface area contributed by atoms with Crippen LogP contribution in [0, 0.1) is 11.3 Å². The smallest absolute Gasteiger partial charge is 0.404 e. The average Bonchev–Trinajstić information content (AvgIpc) is 3.24. The van der Waals surface area contributed by atoms with E-state index in [-0.39, 0.29) is 5.91 Å². The Hall–Kier alpha value is -4.44. The number of benzene rings is 2. The van der Waals surface area contributed by atoms with Gasteiger partial charge in [-0.3, -0.25) is 14.3 Å². The number of fused-ring (bicyclic) bond motifs is 2. The van der Waals surface area contributed by atoms with Crippen LogP contribution in [0.15, 0.2) is 67.1 Å². The van der Waals surface area contributed by atoms with E-state index in [1.54, 1.807) is 23.2 Å². The van der Waals surface area contributed by atoms with Crippen LogP contribution >= 0.6 is 0 Å². The summed E-state index contributed by atoms with van der Waals surface area (Å²) in [5.74, 6) is -0.0535. The molecule has 0 saturated carbocycles. The van der Waals surface area contributed by atoms with Gasteiger partial charge < -0.3 is 10.4 Å². The molecule has 4 rings (SSSR count). The topological polar surface area (TPSA) is 108 Å². The number of carboxylic acid groups (broad SMARTS) is 1. The van der Waals surface area contributed by atoms with Crippen molar-refractivity contribution in [3.05, 3.63) is 78.2 Å². The third-order valence-corrected chi connectivity index (χ3v) is 5.75. The van der Waals surface area contributed by atoms with Crippen molar-refractivity contribution in [2.75, 3.05) is 6.54 Å². The third-order valence-electron chi connectivity index (χ3n) is 5.75. The fourth-order valence-corrected chi connectivity index (χ4v) is 4.09. The number of carbonyl (C=O) groups excluding carboxylic acids is 1. The van der Waals surface area contributed by atoms with Crippen molar-refractivity contribution in [3.8, 4) is 6.07 Å². The molecule has 34 heavy (non-hydrogen) atoms. The van der Waals surface area contributed by atoms with E-state index in [0.717, 1.165) is 33.7 Å². The van der Waals surface area contributed by atoms with E-state index in [2.05, 4.69) is 16.4 Å². The van der Waals surface area contributed by atoms with E-state index in [1.807, 2.05) is 54.6 Å². The molecule has 7 nitrogen and oxygen atoms in total. The molecule has 2 N–H and O–H groups in total. The summed E-state index contributed by atoms with van der Waals surface area (Å²) >= 11 is 0. The zero-order valence-corrected chi connectivity index (χ0v) is 18.6. The van der Waals surface area contributed by atoms with Crippen LogP contribution in [0.5, 0.6) is 0 Å². The van der Waals surface area contributed by atoms with Gasteiger partial charge in [0, 0.05) is 47.9 Å². The molecule has 0 atom stereocenters. The lowest BCUT2D eigenvalue weighted by Crippen LogP contribution is -2.21. The lowest BCUT2D eigenvalue weighted by Gasteiger charge is -2.04. The van der Waals surface area contributed by atoms with Crippen molar-refractivity contribution >= 4 is 45.3 Å². The van der Waals surface area contributed by atoms with Gasteiger partial charge in [-0.15, -0.1) is 0 Å². The Morgan fingerprint density at radius 2 is 1.91 bits per heavy atom. The number of unbranched alkanes of at least 4 members (excludes halogenated alkanes) is 2. The number of pyridine rings is 1. The molecule has 0 aliphatic rings. The van der Waals surface area contributed by atoms with Crippen LogP contribution in [0.3, 0.4) is 0 Å². The minimum Gasteiger partial charge on any atom is -0.465 e. The minimum atomic E-state index is -1.04. The Labute approximate surface area is 197 Å². The van der Waals surface area contributed by atoms with Gasteiger partial charge in [-0.1, -0.05) is 42.8 Å². The molecule has 4 aromatic rings. The van der Waals surface area contributed by atoms with Crippen LogP contribution in [0.1, 0.15) is 41.6 Å². The maximum absolute atomic E-state index is 13.0. The van der Waals surface area contributed by atoms with E-state index in [0.29, 0.717) is 36.9 Å². The summed E-state index contributed by atoms with van der Waals surface area (Å²) in [7, 11) is 0. The fourth-order valence-electron chi connectivity index (χ4n) is 4.09. The van der Waals surface area contributed by atoms with Crippen LogP contribution in [0.25, 0.3) is 33.3 Å². The van der Waals surface area contributed by atoms with Crippen molar-refractivity contribution < 1.29 is 14.7 Å². The highest BCUT2D eigenvalue weighted by atomic mass is 16.4. The summed E-state index contributed by atoms with van der Waals surface area (Å²) in [5, 5.41) is 23.8. The van der Waals surface area contributed by atoms with Crippen LogP contribution in [-0.4, -0.2) is 33.2 Å². The van der Waals surface area contributed by atoms with Crippen molar-refractivity contribution in [1.29, 1.82) is 5.26 Å². The molecule has 1 amide bonds. The lowest BCUT2D eigenvalue weighted by molar-refractivity contribution is 0.0904. The largest absolute Gasteiger partial charge is 0.465 e. The van der Waals surface area contributed by atoms with Gasteiger partial charge in [0.15, 0.2) is 0 Å². The van der Waals surface area contributed by atoms with Gasteiger partial charge in [-0.05, 0) is 42.0 Å². The average molecular weight is 453 g/mol.